The number of amides is 1. The number of pyridine rings is 1. The highest BCUT2D eigenvalue weighted by Crippen LogP contribution is 2.32. The molecule has 2 aromatic heterocycles. The average Bonchev–Trinajstić information content (AvgIpc) is 3.21. The molecule has 1 aliphatic heterocycles. The predicted molar refractivity (Wildman–Crippen MR) is 94.3 cm³/mol. The second kappa shape index (κ2) is 6.20. The van der Waals surface area contributed by atoms with Crippen LogP contribution in [0.4, 0.5) is 0 Å². The molecule has 0 radical (unpaired) electrons. The number of aromatic nitrogens is 3. The first-order valence-corrected chi connectivity index (χ1v) is 8.54. The Morgan fingerprint density at radius 2 is 2.12 bits per heavy atom. The maximum Gasteiger partial charge on any atom is 0.350 e. The molecule has 6 nitrogen and oxygen atoms in total. The van der Waals surface area contributed by atoms with Crippen LogP contribution in [0.25, 0.3) is 5.65 Å². The minimum absolute atomic E-state index is 0.0250. The molecule has 1 aromatic carbocycles. The number of rotatable bonds is 3. The van der Waals surface area contributed by atoms with E-state index in [9.17, 15) is 9.59 Å². The van der Waals surface area contributed by atoms with Crippen LogP contribution in [0.15, 0.2) is 53.5 Å². The van der Waals surface area contributed by atoms with Crippen LogP contribution in [-0.2, 0) is 11.3 Å². The number of hydrogen-bond acceptors (Lipinski definition) is 3. The van der Waals surface area contributed by atoms with E-state index in [2.05, 4.69) is 30.2 Å². The first kappa shape index (κ1) is 15.6. The van der Waals surface area contributed by atoms with E-state index in [-0.39, 0.29) is 24.2 Å². The molecule has 0 saturated carbocycles. The van der Waals surface area contributed by atoms with Crippen molar-refractivity contribution in [3.63, 3.8) is 0 Å². The fourth-order valence-corrected chi connectivity index (χ4v) is 3.58. The third kappa shape index (κ3) is 2.84. The zero-order valence-corrected chi connectivity index (χ0v) is 14.1. The minimum atomic E-state index is -0.282. The number of carbonyl (C=O) groups excluding carboxylic acids is 1. The Morgan fingerprint density at radius 3 is 2.92 bits per heavy atom. The molecule has 1 saturated heterocycles. The van der Waals surface area contributed by atoms with Crippen molar-refractivity contribution < 1.29 is 4.79 Å². The van der Waals surface area contributed by atoms with Crippen molar-refractivity contribution in [3.05, 3.63) is 70.3 Å². The topological polar surface area (TPSA) is 59.6 Å². The predicted octanol–water partition coefficient (Wildman–Crippen LogP) is 2.17. The molecule has 1 amide bonds. The Kier molecular flexibility index (Phi) is 3.87. The van der Waals surface area contributed by atoms with Crippen LogP contribution < -0.4 is 5.69 Å². The highest BCUT2D eigenvalue weighted by molar-refractivity contribution is 5.76. The molecule has 0 spiro atoms. The average molecular weight is 336 g/mol. The van der Waals surface area contributed by atoms with Gasteiger partial charge in [0.25, 0.3) is 0 Å². The van der Waals surface area contributed by atoms with E-state index in [4.69, 9.17) is 0 Å². The Bertz CT molecular complexity index is 988. The van der Waals surface area contributed by atoms with Gasteiger partial charge in [0.2, 0.25) is 5.91 Å². The highest BCUT2D eigenvalue weighted by Gasteiger charge is 2.30. The maximum atomic E-state index is 12.8. The van der Waals surface area contributed by atoms with Gasteiger partial charge in [-0.25, -0.2) is 9.48 Å². The van der Waals surface area contributed by atoms with Gasteiger partial charge in [-0.05, 0) is 37.5 Å². The molecular weight excluding hydrogens is 316 g/mol. The summed E-state index contributed by atoms with van der Waals surface area (Å²) in [5.41, 5.74) is 2.62. The maximum absolute atomic E-state index is 12.8. The van der Waals surface area contributed by atoms with E-state index in [0.717, 1.165) is 24.9 Å². The van der Waals surface area contributed by atoms with Gasteiger partial charge in [0.15, 0.2) is 5.65 Å². The van der Waals surface area contributed by atoms with E-state index >= 15 is 0 Å². The van der Waals surface area contributed by atoms with Crippen LogP contribution in [-0.4, -0.2) is 31.5 Å². The lowest BCUT2D eigenvalue weighted by Crippen LogP contribution is -2.36. The SMILES string of the molecule is Cc1cccc(C2CCCN2C(=O)Cn2nc3ccccn3c2=O)c1. The number of fused-ring (bicyclic) bond motifs is 1. The monoisotopic (exact) mass is 336 g/mol. The summed E-state index contributed by atoms with van der Waals surface area (Å²) in [7, 11) is 0. The lowest BCUT2D eigenvalue weighted by atomic mass is 10.0. The fraction of sp³-hybridized carbons (Fsp3) is 0.316. The van der Waals surface area contributed by atoms with E-state index < -0.39 is 0 Å². The molecule has 0 N–H and O–H groups in total. The van der Waals surface area contributed by atoms with Gasteiger partial charge in [-0.3, -0.25) is 9.20 Å². The lowest BCUT2D eigenvalue weighted by molar-refractivity contribution is -0.133. The summed E-state index contributed by atoms with van der Waals surface area (Å²) in [6.07, 6.45) is 3.59. The molecule has 25 heavy (non-hydrogen) atoms. The second-order valence-corrected chi connectivity index (χ2v) is 6.53. The number of likely N-dealkylation sites (tertiary alicyclic amines) is 1. The number of benzene rings is 1. The van der Waals surface area contributed by atoms with Gasteiger partial charge >= 0.3 is 5.69 Å². The van der Waals surface area contributed by atoms with Gasteiger partial charge in [0.1, 0.15) is 6.54 Å². The van der Waals surface area contributed by atoms with Crippen molar-refractivity contribution in [2.75, 3.05) is 6.54 Å². The van der Waals surface area contributed by atoms with Crippen LogP contribution in [0.5, 0.6) is 0 Å². The van der Waals surface area contributed by atoms with Crippen LogP contribution in [0.1, 0.15) is 30.0 Å². The lowest BCUT2D eigenvalue weighted by Gasteiger charge is -2.25. The van der Waals surface area contributed by atoms with Crippen molar-refractivity contribution in [1.29, 1.82) is 0 Å². The van der Waals surface area contributed by atoms with Crippen LogP contribution in [0.3, 0.4) is 0 Å². The third-order valence-electron chi connectivity index (χ3n) is 4.77. The van der Waals surface area contributed by atoms with E-state index in [1.54, 1.807) is 18.3 Å². The van der Waals surface area contributed by atoms with Crippen molar-refractivity contribution >= 4 is 11.6 Å². The summed E-state index contributed by atoms with van der Waals surface area (Å²) < 4.78 is 2.71. The smallest absolute Gasteiger partial charge is 0.334 e. The van der Waals surface area contributed by atoms with Crippen LogP contribution >= 0.6 is 0 Å². The summed E-state index contributed by atoms with van der Waals surface area (Å²) in [6.45, 7) is 2.75. The molecule has 0 bridgehead atoms. The molecule has 0 aliphatic carbocycles. The van der Waals surface area contributed by atoms with E-state index in [0.29, 0.717) is 5.65 Å². The minimum Gasteiger partial charge on any atom is -0.334 e. The number of aryl methyl sites for hydroxylation is 1. The zero-order chi connectivity index (χ0) is 17.4. The molecule has 1 fully saturated rings. The van der Waals surface area contributed by atoms with Crippen molar-refractivity contribution in [1.82, 2.24) is 19.1 Å². The quantitative estimate of drug-likeness (QED) is 0.736. The fourth-order valence-electron chi connectivity index (χ4n) is 3.58. The van der Waals surface area contributed by atoms with Crippen molar-refractivity contribution in [3.8, 4) is 0 Å². The highest BCUT2D eigenvalue weighted by atomic mass is 16.2. The summed E-state index contributed by atoms with van der Waals surface area (Å²) >= 11 is 0. The van der Waals surface area contributed by atoms with Crippen molar-refractivity contribution in [2.45, 2.75) is 32.4 Å². The molecule has 3 heterocycles. The first-order valence-electron chi connectivity index (χ1n) is 8.54. The third-order valence-corrected chi connectivity index (χ3v) is 4.77. The molecule has 4 rings (SSSR count). The first-order chi connectivity index (χ1) is 12.1. The summed E-state index contributed by atoms with van der Waals surface area (Å²) in [5.74, 6) is -0.0606. The Hall–Kier alpha value is -2.89. The van der Waals surface area contributed by atoms with Gasteiger partial charge in [-0.1, -0.05) is 35.9 Å². The van der Waals surface area contributed by atoms with Crippen LogP contribution in [0.2, 0.25) is 0 Å². The van der Waals surface area contributed by atoms with Gasteiger partial charge in [-0.2, -0.15) is 0 Å². The standard InChI is InChI=1S/C19H20N4O2/c1-14-6-4-7-15(12-14)16-8-5-11-21(16)18(24)13-23-19(25)22-10-3-2-9-17(22)20-23/h2-4,6-7,9-10,12,16H,5,8,11,13H2,1H3. The Morgan fingerprint density at radius 1 is 1.24 bits per heavy atom. The zero-order valence-electron chi connectivity index (χ0n) is 14.1. The number of nitrogens with zero attached hydrogens (tertiary/aromatic N) is 4. The Balaban J connectivity index is 1.59. The second-order valence-electron chi connectivity index (χ2n) is 6.53. The van der Waals surface area contributed by atoms with Gasteiger partial charge in [0.05, 0.1) is 6.04 Å². The van der Waals surface area contributed by atoms with E-state index in [1.165, 1.54) is 14.6 Å². The van der Waals surface area contributed by atoms with Crippen molar-refractivity contribution in [2.24, 2.45) is 0 Å². The molecule has 1 atom stereocenters. The molecule has 1 aliphatic rings. The Labute approximate surface area is 145 Å². The summed E-state index contributed by atoms with van der Waals surface area (Å²) in [6, 6.07) is 13.7. The van der Waals surface area contributed by atoms with Gasteiger partial charge < -0.3 is 4.90 Å². The summed E-state index contributed by atoms with van der Waals surface area (Å²) in [5, 5.41) is 4.26. The normalized spacial score (nSPS) is 17.3. The van der Waals surface area contributed by atoms with E-state index in [1.807, 2.05) is 17.0 Å². The van der Waals surface area contributed by atoms with Gasteiger partial charge in [-0.15, -0.1) is 5.10 Å². The van der Waals surface area contributed by atoms with Crippen LogP contribution in [0, 0.1) is 6.92 Å². The number of carbonyl (C=O) groups is 1. The molecule has 6 heteroatoms. The molecular formula is C19H20N4O2. The molecule has 1 unspecified atom stereocenters. The summed E-state index contributed by atoms with van der Waals surface area (Å²) in [4.78, 5) is 27.1. The van der Waals surface area contributed by atoms with Gasteiger partial charge in [0, 0.05) is 12.7 Å². The molecule has 3 aromatic rings. The number of hydrogen-bond donors (Lipinski definition) is 0. The molecule has 128 valence electrons. The largest absolute Gasteiger partial charge is 0.350 e.